The number of piperidine rings is 3. The van der Waals surface area contributed by atoms with Crippen molar-refractivity contribution in [1.29, 1.82) is 0 Å². The molecule has 1 aromatic rings. The van der Waals surface area contributed by atoms with Crippen LogP contribution in [0.4, 0.5) is 17.8 Å². The predicted octanol–water partition coefficient (Wildman–Crippen LogP) is 3.74. The number of nitrogens with one attached hydrogen (secondary N) is 3. The van der Waals surface area contributed by atoms with Crippen LogP contribution in [0.2, 0.25) is 0 Å². The maximum atomic E-state index is 4.68. The first-order chi connectivity index (χ1) is 17.8. The van der Waals surface area contributed by atoms with Gasteiger partial charge in [-0.15, -0.1) is 0 Å². The van der Waals surface area contributed by atoms with E-state index in [9.17, 15) is 0 Å². The van der Waals surface area contributed by atoms with Crippen molar-refractivity contribution < 1.29 is 0 Å². The lowest BCUT2D eigenvalue weighted by atomic mass is 10.1. The summed E-state index contributed by atoms with van der Waals surface area (Å²) in [6.07, 6.45) is 15.6. The number of likely N-dealkylation sites (tertiary alicyclic amines) is 3. The van der Waals surface area contributed by atoms with Gasteiger partial charge in [-0.3, -0.25) is 0 Å². The summed E-state index contributed by atoms with van der Waals surface area (Å²) in [6, 6.07) is 0. The maximum Gasteiger partial charge on any atom is 0.229 e. The molecule has 1 aromatic heterocycles. The molecule has 4 heterocycles. The second-order valence-electron chi connectivity index (χ2n) is 10.9. The molecule has 0 radical (unpaired) electrons. The third kappa shape index (κ3) is 10.3. The summed E-state index contributed by atoms with van der Waals surface area (Å²) in [5.41, 5.74) is 0. The van der Waals surface area contributed by atoms with E-state index >= 15 is 0 Å². The Hall–Kier alpha value is -1.71. The summed E-state index contributed by atoms with van der Waals surface area (Å²) in [5.74, 6) is 2.04. The second kappa shape index (κ2) is 16.2. The molecule has 9 nitrogen and oxygen atoms in total. The van der Waals surface area contributed by atoms with Gasteiger partial charge in [-0.25, -0.2) is 0 Å². The summed E-state index contributed by atoms with van der Waals surface area (Å²) in [6.45, 7) is 13.7. The van der Waals surface area contributed by atoms with Crippen molar-refractivity contribution in [3.8, 4) is 0 Å². The van der Waals surface area contributed by atoms with E-state index in [2.05, 4.69) is 45.6 Å². The fourth-order valence-electron chi connectivity index (χ4n) is 5.67. The largest absolute Gasteiger partial charge is 0.354 e. The Balaban J connectivity index is 1.22. The molecule has 0 aromatic carbocycles. The van der Waals surface area contributed by atoms with Crippen molar-refractivity contribution in [3.63, 3.8) is 0 Å². The molecule has 4 rings (SSSR count). The minimum Gasteiger partial charge on any atom is -0.354 e. The fourth-order valence-corrected chi connectivity index (χ4v) is 5.67. The summed E-state index contributed by atoms with van der Waals surface area (Å²) in [7, 11) is 0. The Labute approximate surface area is 219 Å². The lowest BCUT2D eigenvalue weighted by Gasteiger charge is -2.26. The minimum atomic E-state index is 0.681. The maximum absolute atomic E-state index is 4.68. The molecule has 3 N–H and O–H groups in total. The molecule has 0 saturated carbocycles. The molecule has 0 spiro atoms. The summed E-state index contributed by atoms with van der Waals surface area (Å²) in [4.78, 5) is 21.8. The molecule has 3 fully saturated rings. The molecule has 0 atom stereocenters. The predicted molar refractivity (Wildman–Crippen MR) is 150 cm³/mol. The summed E-state index contributed by atoms with van der Waals surface area (Å²) >= 11 is 0. The van der Waals surface area contributed by atoms with Crippen molar-refractivity contribution in [1.82, 2.24) is 29.7 Å². The zero-order valence-corrected chi connectivity index (χ0v) is 22.7. The van der Waals surface area contributed by atoms with Crippen molar-refractivity contribution in [3.05, 3.63) is 0 Å². The van der Waals surface area contributed by atoms with Gasteiger partial charge in [-0.05, 0) is 117 Å². The van der Waals surface area contributed by atoms with E-state index in [1.807, 2.05) is 0 Å². The highest BCUT2D eigenvalue weighted by Gasteiger charge is 2.12. The van der Waals surface area contributed by atoms with Gasteiger partial charge in [-0.1, -0.05) is 19.3 Å². The lowest BCUT2D eigenvalue weighted by molar-refractivity contribution is 0.228. The van der Waals surface area contributed by atoms with Crippen LogP contribution in [0.5, 0.6) is 0 Å². The molecule has 3 aliphatic heterocycles. The van der Waals surface area contributed by atoms with Gasteiger partial charge in [0.25, 0.3) is 0 Å². The number of hydrogen-bond donors (Lipinski definition) is 3. The van der Waals surface area contributed by atoms with Crippen LogP contribution in [-0.4, -0.2) is 108 Å². The topological polar surface area (TPSA) is 84.5 Å². The average molecular weight is 502 g/mol. The standard InChI is InChI=1S/C27H51N9/c1-4-16-34(17-5-1)22-10-13-28-25-31-26(29-14-11-23-35-18-6-2-7-19-35)33-27(32-25)30-15-12-24-36-20-8-3-9-21-36/h1-24H2,(H3,28,29,30,31,32,33). The number of nitrogens with zero attached hydrogens (tertiary/aromatic N) is 6. The first-order valence-corrected chi connectivity index (χ1v) is 15.0. The van der Waals surface area contributed by atoms with Crippen molar-refractivity contribution in [2.75, 3.05) is 94.5 Å². The van der Waals surface area contributed by atoms with Crippen LogP contribution in [0.1, 0.15) is 77.0 Å². The molecule has 3 saturated heterocycles. The highest BCUT2D eigenvalue weighted by molar-refractivity contribution is 5.42. The molecular formula is C27H51N9. The van der Waals surface area contributed by atoms with Crippen LogP contribution in [-0.2, 0) is 0 Å². The van der Waals surface area contributed by atoms with E-state index in [1.165, 1.54) is 97.1 Å². The first-order valence-electron chi connectivity index (χ1n) is 15.0. The summed E-state index contributed by atoms with van der Waals surface area (Å²) in [5, 5.41) is 10.4. The zero-order chi connectivity index (χ0) is 24.7. The Kier molecular flexibility index (Phi) is 12.3. The third-order valence-electron chi connectivity index (χ3n) is 7.78. The van der Waals surface area contributed by atoms with Gasteiger partial charge in [0.1, 0.15) is 0 Å². The van der Waals surface area contributed by atoms with E-state index in [-0.39, 0.29) is 0 Å². The van der Waals surface area contributed by atoms with Crippen molar-refractivity contribution in [2.45, 2.75) is 77.0 Å². The van der Waals surface area contributed by atoms with Gasteiger partial charge in [0, 0.05) is 19.6 Å². The highest BCUT2D eigenvalue weighted by Crippen LogP contribution is 2.13. The van der Waals surface area contributed by atoms with Crippen LogP contribution >= 0.6 is 0 Å². The van der Waals surface area contributed by atoms with Crippen molar-refractivity contribution in [2.24, 2.45) is 0 Å². The van der Waals surface area contributed by atoms with Gasteiger partial charge in [0.2, 0.25) is 17.8 Å². The van der Waals surface area contributed by atoms with Gasteiger partial charge < -0.3 is 30.7 Å². The number of anilines is 3. The van der Waals surface area contributed by atoms with Crippen LogP contribution < -0.4 is 16.0 Å². The monoisotopic (exact) mass is 501 g/mol. The van der Waals surface area contributed by atoms with Crippen LogP contribution in [0.3, 0.4) is 0 Å². The van der Waals surface area contributed by atoms with E-state index in [0.29, 0.717) is 17.8 Å². The van der Waals surface area contributed by atoms with E-state index < -0.39 is 0 Å². The average Bonchev–Trinajstić information content (AvgIpc) is 2.93. The molecule has 9 heteroatoms. The SMILES string of the molecule is C1CCN(CCCNc2nc(NCCCN3CCCCC3)nc(NCCCN3CCCCC3)n2)CC1. The molecule has 0 bridgehead atoms. The molecule has 0 unspecified atom stereocenters. The Morgan fingerprint density at radius 3 is 0.972 bits per heavy atom. The van der Waals surface area contributed by atoms with Gasteiger partial charge >= 0.3 is 0 Å². The Bertz CT molecular complexity index is 606. The molecular weight excluding hydrogens is 450 g/mol. The highest BCUT2D eigenvalue weighted by atomic mass is 15.3. The van der Waals surface area contributed by atoms with Gasteiger partial charge in [0.15, 0.2) is 0 Å². The number of rotatable bonds is 15. The molecule has 3 aliphatic rings. The smallest absolute Gasteiger partial charge is 0.229 e. The van der Waals surface area contributed by atoms with Gasteiger partial charge in [0.05, 0.1) is 0 Å². The number of hydrogen-bond acceptors (Lipinski definition) is 9. The van der Waals surface area contributed by atoms with E-state index in [4.69, 9.17) is 0 Å². The molecule has 0 amide bonds. The molecule has 36 heavy (non-hydrogen) atoms. The van der Waals surface area contributed by atoms with Crippen LogP contribution in [0, 0.1) is 0 Å². The zero-order valence-electron chi connectivity index (χ0n) is 22.7. The van der Waals surface area contributed by atoms with Crippen LogP contribution in [0.15, 0.2) is 0 Å². The normalized spacial score (nSPS) is 20.3. The number of aromatic nitrogens is 3. The van der Waals surface area contributed by atoms with Crippen molar-refractivity contribution >= 4 is 17.8 Å². The second-order valence-corrected chi connectivity index (χ2v) is 10.9. The molecule has 204 valence electrons. The van der Waals surface area contributed by atoms with Crippen LogP contribution in [0.25, 0.3) is 0 Å². The fraction of sp³-hybridized carbons (Fsp3) is 0.889. The quantitative estimate of drug-likeness (QED) is 0.311. The Morgan fingerprint density at radius 1 is 0.417 bits per heavy atom. The summed E-state index contributed by atoms with van der Waals surface area (Å²) < 4.78 is 0. The van der Waals surface area contributed by atoms with E-state index in [0.717, 1.165) is 58.5 Å². The minimum absolute atomic E-state index is 0.681. The third-order valence-corrected chi connectivity index (χ3v) is 7.78. The molecule has 0 aliphatic carbocycles. The first kappa shape index (κ1) is 27.3. The van der Waals surface area contributed by atoms with E-state index in [1.54, 1.807) is 0 Å². The Morgan fingerprint density at radius 2 is 0.694 bits per heavy atom. The van der Waals surface area contributed by atoms with Gasteiger partial charge in [-0.2, -0.15) is 15.0 Å². The lowest BCUT2D eigenvalue weighted by Crippen LogP contribution is -2.31.